The van der Waals surface area contributed by atoms with Crippen LogP contribution in [0.1, 0.15) is 24.0 Å². The molecule has 2 saturated heterocycles. The number of likely N-dealkylation sites (tertiary alicyclic amines) is 1. The molecule has 0 saturated carbocycles. The largest absolute Gasteiger partial charge is 0.497 e. The molecular weight excluding hydrogens is 426 g/mol. The maximum atomic E-state index is 13.4. The number of piperidine rings is 1. The van der Waals surface area contributed by atoms with Crippen LogP contribution in [-0.4, -0.2) is 66.0 Å². The topological polar surface area (TPSA) is 53.1 Å². The Hall–Kier alpha value is -2.83. The van der Waals surface area contributed by atoms with Gasteiger partial charge in [-0.15, -0.1) is 0 Å². The minimum atomic E-state index is -0.768. The molecule has 2 aliphatic heterocycles. The van der Waals surface area contributed by atoms with Crippen LogP contribution in [0, 0.1) is 0 Å². The highest BCUT2D eigenvalue weighted by Gasteiger charge is 2.56. The van der Waals surface area contributed by atoms with Crippen molar-refractivity contribution in [3.8, 4) is 5.75 Å². The maximum absolute atomic E-state index is 13.4. The number of carbonyl (C=O) groups excluding carboxylic acids is 2. The Kier molecular flexibility index (Phi) is 6.53. The third-order valence-corrected chi connectivity index (χ3v) is 6.71. The van der Waals surface area contributed by atoms with Gasteiger partial charge >= 0.3 is 6.03 Å². The van der Waals surface area contributed by atoms with Gasteiger partial charge in [-0.1, -0.05) is 54.1 Å². The molecule has 0 unspecified atom stereocenters. The van der Waals surface area contributed by atoms with Gasteiger partial charge < -0.3 is 9.64 Å². The van der Waals surface area contributed by atoms with E-state index in [0.29, 0.717) is 32.5 Å². The van der Waals surface area contributed by atoms with E-state index in [1.54, 1.807) is 19.1 Å². The van der Waals surface area contributed by atoms with E-state index in [0.717, 1.165) is 21.9 Å². The monoisotopic (exact) mass is 453 g/mol. The molecule has 1 spiro atoms. The van der Waals surface area contributed by atoms with Crippen LogP contribution in [0.25, 0.3) is 6.08 Å². The van der Waals surface area contributed by atoms with Gasteiger partial charge in [-0.25, -0.2) is 4.79 Å². The summed E-state index contributed by atoms with van der Waals surface area (Å²) in [5.74, 6) is 0.639. The first kappa shape index (κ1) is 22.4. The summed E-state index contributed by atoms with van der Waals surface area (Å²) in [7, 11) is 3.35. The van der Waals surface area contributed by atoms with E-state index in [1.807, 2.05) is 60.7 Å². The molecule has 2 heterocycles. The second-order valence-corrected chi connectivity index (χ2v) is 8.88. The Bertz CT molecular complexity index is 999. The van der Waals surface area contributed by atoms with E-state index < -0.39 is 5.54 Å². The molecule has 0 aliphatic carbocycles. The molecule has 2 fully saturated rings. The fourth-order valence-corrected chi connectivity index (χ4v) is 4.81. The van der Waals surface area contributed by atoms with Crippen LogP contribution in [0.5, 0.6) is 5.75 Å². The number of carbonyl (C=O) groups is 2. The highest BCUT2D eigenvalue weighted by Crippen LogP contribution is 2.37. The van der Waals surface area contributed by atoms with Crippen LogP contribution in [0.3, 0.4) is 0 Å². The molecule has 0 atom stereocenters. The Labute approximate surface area is 194 Å². The van der Waals surface area contributed by atoms with E-state index in [-0.39, 0.29) is 18.5 Å². The van der Waals surface area contributed by atoms with E-state index in [1.165, 1.54) is 4.90 Å². The van der Waals surface area contributed by atoms with Crippen molar-refractivity contribution in [2.45, 2.75) is 24.9 Å². The van der Waals surface area contributed by atoms with Crippen LogP contribution in [0.4, 0.5) is 4.79 Å². The molecule has 168 valence electrons. The van der Waals surface area contributed by atoms with Gasteiger partial charge in [0.05, 0.1) is 13.7 Å². The highest BCUT2D eigenvalue weighted by atomic mass is 35.5. The molecule has 3 amide bonds. The predicted octanol–water partition coefficient (Wildman–Crippen LogP) is 4.20. The van der Waals surface area contributed by atoms with Crippen molar-refractivity contribution in [2.75, 3.05) is 33.8 Å². The van der Waals surface area contributed by atoms with Gasteiger partial charge in [-0.3, -0.25) is 14.6 Å². The van der Waals surface area contributed by atoms with Crippen molar-refractivity contribution >= 4 is 29.6 Å². The molecule has 6 nitrogen and oxygen atoms in total. The van der Waals surface area contributed by atoms with E-state index in [9.17, 15) is 9.59 Å². The minimum Gasteiger partial charge on any atom is -0.497 e. The van der Waals surface area contributed by atoms with Gasteiger partial charge in [0.2, 0.25) is 0 Å². The Morgan fingerprint density at radius 2 is 1.72 bits per heavy atom. The molecule has 4 rings (SSSR count). The number of ether oxygens (including phenoxy) is 1. The van der Waals surface area contributed by atoms with Gasteiger partial charge in [-0.2, -0.15) is 0 Å². The zero-order chi connectivity index (χ0) is 22.7. The van der Waals surface area contributed by atoms with Crippen molar-refractivity contribution in [3.05, 3.63) is 70.8 Å². The first-order valence-electron chi connectivity index (χ1n) is 10.8. The SMILES string of the molecule is COc1ccc(CN2C(=O)N(C)C3(CCN(CC(Cl)=Cc4ccccc4)CC3)C2=O)cc1. The molecule has 2 aromatic carbocycles. The quantitative estimate of drug-likeness (QED) is 0.615. The average molecular weight is 454 g/mol. The fourth-order valence-electron chi connectivity index (χ4n) is 4.52. The highest BCUT2D eigenvalue weighted by molar-refractivity contribution is 6.31. The van der Waals surface area contributed by atoms with Crippen molar-refractivity contribution in [3.63, 3.8) is 0 Å². The molecule has 2 aromatic rings. The molecule has 7 heteroatoms. The number of halogens is 1. The molecular formula is C25H28ClN3O3. The zero-order valence-corrected chi connectivity index (χ0v) is 19.2. The Morgan fingerprint density at radius 3 is 2.34 bits per heavy atom. The number of nitrogens with zero attached hydrogens (tertiary/aromatic N) is 3. The number of rotatable bonds is 6. The number of urea groups is 1. The smallest absolute Gasteiger partial charge is 0.327 e. The number of amides is 3. The van der Waals surface area contributed by atoms with Crippen molar-refractivity contribution < 1.29 is 14.3 Å². The lowest BCUT2D eigenvalue weighted by molar-refractivity contribution is -0.135. The van der Waals surface area contributed by atoms with E-state index >= 15 is 0 Å². The lowest BCUT2D eigenvalue weighted by atomic mass is 9.86. The van der Waals surface area contributed by atoms with Crippen LogP contribution < -0.4 is 4.74 Å². The summed E-state index contributed by atoms with van der Waals surface area (Å²) in [6.45, 7) is 2.31. The third kappa shape index (κ3) is 4.38. The van der Waals surface area contributed by atoms with Gasteiger partial charge in [0.25, 0.3) is 5.91 Å². The maximum Gasteiger partial charge on any atom is 0.327 e. The summed E-state index contributed by atoms with van der Waals surface area (Å²) < 4.78 is 5.19. The number of imide groups is 1. The van der Waals surface area contributed by atoms with Crippen LogP contribution in [-0.2, 0) is 11.3 Å². The molecule has 0 N–H and O–H groups in total. The summed E-state index contributed by atoms with van der Waals surface area (Å²) in [5.41, 5.74) is 1.19. The first-order chi connectivity index (χ1) is 15.4. The summed E-state index contributed by atoms with van der Waals surface area (Å²) in [4.78, 5) is 31.6. The summed E-state index contributed by atoms with van der Waals surface area (Å²) in [6, 6.07) is 17.2. The number of methoxy groups -OCH3 is 1. The summed E-state index contributed by atoms with van der Waals surface area (Å²) in [5, 5.41) is 0.760. The standard InChI is InChI=1S/C25H28ClN3O3/c1-27-24(31)29(17-20-8-10-22(32-2)11-9-20)23(30)25(27)12-14-28(15-13-25)18-21(26)16-19-6-4-3-5-7-19/h3-11,16H,12-15,17-18H2,1-2H3. The average Bonchev–Trinajstić information content (AvgIpc) is 2.98. The molecule has 0 aromatic heterocycles. The van der Waals surface area contributed by atoms with Crippen LogP contribution in [0.15, 0.2) is 59.6 Å². The number of hydrogen-bond donors (Lipinski definition) is 0. The third-order valence-electron chi connectivity index (χ3n) is 6.48. The number of hydrogen-bond acceptors (Lipinski definition) is 4. The molecule has 0 bridgehead atoms. The van der Waals surface area contributed by atoms with E-state index in [2.05, 4.69) is 4.90 Å². The second-order valence-electron chi connectivity index (χ2n) is 8.39. The number of likely N-dealkylation sites (N-methyl/N-ethyl adjacent to an activating group) is 1. The van der Waals surface area contributed by atoms with Crippen molar-refractivity contribution in [1.82, 2.24) is 14.7 Å². The summed E-state index contributed by atoms with van der Waals surface area (Å²) in [6.07, 6.45) is 3.17. The first-order valence-corrected chi connectivity index (χ1v) is 11.2. The van der Waals surface area contributed by atoms with Gasteiger partial charge in [0, 0.05) is 31.7 Å². The van der Waals surface area contributed by atoms with Gasteiger partial charge in [0.1, 0.15) is 11.3 Å². The predicted molar refractivity (Wildman–Crippen MR) is 125 cm³/mol. The normalized spacial score (nSPS) is 19.2. The van der Waals surface area contributed by atoms with Crippen LogP contribution in [0.2, 0.25) is 0 Å². The lowest BCUT2D eigenvalue weighted by Gasteiger charge is -2.40. The van der Waals surface area contributed by atoms with Gasteiger partial charge in [0.15, 0.2) is 0 Å². The number of benzene rings is 2. The molecule has 32 heavy (non-hydrogen) atoms. The van der Waals surface area contributed by atoms with Crippen molar-refractivity contribution in [1.29, 1.82) is 0 Å². The Morgan fingerprint density at radius 1 is 1.06 bits per heavy atom. The molecule has 0 radical (unpaired) electrons. The summed E-state index contributed by atoms with van der Waals surface area (Å²) >= 11 is 6.49. The lowest BCUT2D eigenvalue weighted by Crippen LogP contribution is -2.55. The van der Waals surface area contributed by atoms with Crippen LogP contribution >= 0.6 is 11.6 Å². The zero-order valence-electron chi connectivity index (χ0n) is 18.5. The van der Waals surface area contributed by atoms with Gasteiger partial charge in [-0.05, 0) is 42.2 Å². The van der Waals surface area contributed by atoms with E-state index in [4.69, 9.17) is 16.3 Å². The second kappa shape index (κ2) is 9.35. The molecule has 2 aliphatic rings. The minimum absolute atomic E-state index is 0.105. The fraction of sp³-hybridized carbons (Fsp3) is 0.360. The van der Waals surface area contributed by atoms with Crippen molar-refractivity contribution in [2.24, 2.45) is 0 Å². The Balaban J connectivity index is 1.40.